The lowest BCUT2D eigenvalue weighted by Crippen LogP contribution is -2.53. The van der Waals surface area contributed by atoms with Gasteiger partial charge in [-0.1, -0.05) is 71.1 Å². The van der Waals surface area contributed by atoms with E-state index in [-0.39, 0.29) is 0 Å². The molecule has 0 spiro atoms. The van der Waals surface area contributed by atoms with Crippen molar-refractivity contribution in [1.29, 1.82) is 0 Å². The average Bonchev–Trinajstić information content (AvgIpc) is 2.72. The van der Waals surface area contributed by atoms with Crippen LogP contribution in [-0.2, 0) is 13.3 Å². The Balaban J connectivity index is 0.00000126. The summed E-state index contributed by atoms with van der Waals surface area (Å²) >= 11 is 0. The molecule has 3 fully saturated rings. The molecule has 0 amide bonds. The topological polar surface area (TPSA) is 53.7 Å². The summed E-state index contributed by atoms with van der Waals surface area (Å²) in [7, 11) is -1.06. The van der Waals surface area contributed by atoms with Crippen molar-refractivity contribution in [2.75, 3.05) is 7.05 Å². The maximum Gasteiger partial charge on any atom is 0.501 e. The van der Waals surface area contributed by atoms with E-state index in [1.165, 1.54) is 103 Å². The second-order valence-electron chi connectivity index (χ2n) is 8.57. The molecule has 0 aromatic rings. The SMILES string of the molecule is CCC[Si](OC1CCCCC1)(OC1CCCCC1)OC1CCCCC1.CN. The van der Waals surface area contributed by atoms with Crippen LogP contribution < -0.4 is 5.73 Å². The van der Waals surface area contributed by atoms with Gasteiger partial charge in [-0.2, -0.15) is 0 Å². The molecule has 160 valence electrons. The van der Waals surface area contributed by atoms with Crippen molar-refractivity contribution in [1.82, 2.24) is 0 Å². The molecule has 2 N–H and O–H groups in total. The monoisotopic (exact) mass is 399 g/mol. The van der Waals surface area contributed by atoms with Gasteiger partial charge >= 0.3 is 8.80 Å². The first-order chi connectivity index (χ1) is 13.3. The molecule has 3 aliphatic carbocycles. The lowest BCUT2D eigenvalue weighted by molar-refractivity contribution is -0.0408. The molecule has 0 heterocycles. The molecule has 3 aliphatic rings. The summed E-state index contributed by atoms with van der Waals surface area (Å²) in [5, 5.41) is 0. The first-order valence-electron chi connectivity index (χ1n) is 11.9. The molecular weight excluding hydrogens is 354 g/mol. The molecule has 0 bridgehead atoms. The minimum atomic E-state index is -2.56. The number of hydrogen-bond donors (Lipinski definition) is 1. The average molecular weight is 400 g/mol. The van der Waals surface area contributed by atoms with Crippen molar-refractivity contribution in [2.45, 2.75) is 134 Å². The molecular formula is C22H45NO3Si. The van der Waals surface area contributed by atoms with E-state index < -0.39 is 8.80 Å². The van der Waals surface area contributed by atoms with Crippen LogP contribution in [0.25, 0.3) is 0 Å². The van der Waals surface area contributed by atoms with E-state index in [9.17, 15) is 0 Å². The lowest BCUT2D eigenvalue weighted by atomic mass is 9.98. The quantitative estimate of drug-likeness (QED) is 0.512. The Morgan fingerprint density at radius 3 is 1.15 bits per heavy atom. The summed E-state index contributed by atoms with van der Waals surface area (Å²) in [4.78, 5) is 0. The highest BCUT2D eigenvalue weighted by Crippen LogP contribution is 2.34. The summed E-state index contributed by atoms with van der Waals surface area (Å²) in [6, 6.07) is 1.01. The molecule has 0 aromatic carbocycles. The van der Waals surface area contributed by atoms with Crippen molar-refractivity contribution in [3.8, 4) is 0 Å². The van der Waals surface area contributed by atoms with Crippen LogP contribution in [0.15, 0.2) is 0 Å². The Labute approximate surface area is 169 Å². The van der Waals surface area contributed by atoms with Gasteiger partial charge in [0.2, 0.25) is 0 Å². The molecule has 0 unspecified atom stereocenters. The Bertz CT molecular complexity index is 314. The fourth-order valence-electron chi connectivity index (χ4n) is 4.88. The first-order valence-corrected chi connectivity index (χ1v) is 13.8. The Morgan fingerprint density at radius 1 is 0.593 bits per heavy atom. The van der Waals surface area contributed by atoms with Crippen LogP contribution in [-0.4, -0.2) is 34.2 Å². The third-order valence-corrected chi connectivity index (χ3v) is 9.44. The van der Waals surface area contributed by atoms with Crippen LogP contribution in [0.4, 0.5) is 0 Å². The minimum Gasteiger partial charge on any atom is -0.370 e. The van der Waals surface area contributed by atoms with E-state index >= 15 is 0 Å². The predicted molar refractivity (Wildman–Crippen MR) is 115 cm³/mol. The second kappa shape index (κ2) is 13.3. The molecule has 27 heavy (non-hydrogen) atoms. The zero-order valence-corrected chi connectivity index (χ0v) is 19.1. The van der Waals surface area contributed by atoms with Crippen molar-refractivity contribution < 1.29 is 13.3 Å². The van der Waals surface area contributed by atoms with Crippen LogP contribution >= 0.6 is 0 Å². The number of hydrogen-bond acceptors (Lipinski definition) is 4. The highest BCUT2D eigenvalue weighted by Gasteiger charge is 2.46. The van der Waals surface area contributed by atoms with Gasteiger partial charge in [-0.25, -0.2) is 0 Å². The molecule has 5 heteroatoms. The van der Waals surface area contributed by atoms with Gasteiger partial charge in [-0.05, 0) is 45.6 Å². The van der Waals surface area contributed by atoms with Crippen LogP contribution in [0.3, 0.4) is 0 Å². The fourth-order valence-corrected chi connectivity index (χ4v) is 8.24. The van der Waals surface area contributed by atoms with E-state index in [0.717, 1.165) is 12.5 Å². The normalized spacial score (nSPS) is 23.7. The van der Waals surface area contributed by atoms with Crippen molar-refractivity contribution in [3.63, 3.8) is 0 Å². The van der Waals surface area contributed by atoms with Crippen LogP contribution in [0.2, 0.25) is 6.04 Å². The van der Waals surface area contributed by atoms with Crippen molar-refractivity contribution in [3.05, 3.63) is 0 Å². The summed E-state index contributed by atoms with van der Waals surface area (Å²) in [6.07, 6.45) is 21.5. The van der Waals surface area contributed by atoms with Crippen LogP contribution in [0, 0.1) is 0 Å². The largest absolute Gasteiger partial charge is 0.501 e. The summed E-state index contributed by atoms with van der Waals surface area (Å²) in [6.45, 7) is 2.26. The number of nitrogens with two attached hydrogens (primary N) is 1. The predicted octanol–water partition coefficient (Wildman–Crippen LogP) is 5.96. The van der Waals surface area contributed by atoms with Crippen molar-refractivity contribution in [2.24, 2.45) is 5.73 Å². The zero-order chi connectivity index (χ0) is 19.4. The molecule has 0 saturated heterocycles. The molecule has 3 rings (SSSR count). The van der Waals surface area contributed by atoms with Gasteiger partial charge in [-0.3, -0.25) is 0 Å². The van der Waals surface area contributed by atoms with Gasteiger partial charge in [-0.15, -0.1) is 0 Å². The Hall–Kier alpha value is 0.0569. The standard InChI is InChI=1S/C21H40O3Si.CH5N/c1-2-18-25(22-19-12-6-3-7-13-19,23-20-14-8-4-9-15-20)24-21-16-10-5-11-17-21;1-2/h19-21H,2-18H2,1H3;2H2,1H3. The van der Waals surface area contributed by atoms with Gasteiger partial charge in [0, 0.05) is 24.4 Å². The summed E-state index contributed by atoms with van der Waals surface area (Å²) in [5.41, 5.74) is 4.50. The minimum absolute atomic E-state index is 0.388. The highest BCUT2D eigenvalue weighted by atomic mass is 28.4. The van der Waals surface area contributed by atoms with E-state index in [4.69, 9.17) is 13.3 Å². The van der Waals surface area contributed by atoms with Gasteiger partial charge < -0.3 is 19.0 Å². The molecule has 0 radical (unpaired) electrons. The third kappa shape index (κ3) is 8.13. The van der Waals surface area contributed by atoms with Gasteiger partial charge in [0.25, 0.3) is 0 Å². The highest BCUT2D eigenvalue weighted by molar-refractivity contribution is 6.60. The molecule has 0 aromatic heterocycles. The molecule has 0 aliphatic heterocycles. The second-order valence-corrected chi connectivity index (χ2v) is 11.1. The zero-order valence-electron chi connectivity index (χ0n) is 18.1. The van der Waals surface area contributed by atoms with Crippen molar-refractivity contribution >= 4 is 8.80 Å². The Kier molecular flexibility index (Phi) is 11.5. The smallest absolute Gasteiger partial charge is 0.370 e. The summed E-state index contributed by atoms with van der Waals surface area (Å²) in [5.74, 6) is 0. The fraction of sp³-hybridized carbons (Fsp3) is 1.00. The van der Waals surface area contributed by atoms with Gasteiger partial charge in [0.15, 0.2) is 0 Å². The molecule has 0 atom stereocenters. The van der Waals surface area contributed by atoms with E-state index in [0.29, 0.717) is 18.3 Å². The van der Waals surface area contributed by atoms with E-state index in [1.807, 2.05) is 0 Å². The van der Waals surface area contributed by atoms with Crippen LogP contribution in [0.1, 0.15) is 110 Å². The maximum absolute atomic E-state index is 6.82. The van der Waals surface area contributed by atoms with Crippen LogP contribution in [0.5, 0.6) is 0 Å². The van der Waals surface area contributed by atoms with Gasteiger partial charge in [0.05, 0.1) is 0 Å². The third-order valence-electron chi connectivity index (χ3n) is 6.25. The lowest BCUT2D eigenvalue weighted by Gasteiger charge is -2.40. The van der Waals surface area contributed by atoms with E-state index in [1.54, 1.807) is 0 Å². The van der Waals surface area contributed by atoms with Gasteiger partial charge in [0.1, 0.15) is 0 Å². The first kappa shape index (κ1) is 23.3. The number of rotatable bonds is 8. The molecule has 4 nitrogen and oxygen atoms in total. The summed E-state index contributed by atoms with van der Waals surface area (Å²) < 4.78 is 20.5. The molecule has 3 saturated carbocycles. The Morgan fingerprint density at radius 2 is 0.889 bits per heavy atom. The van der Waals surface area contributed by atoms with E-state index in [2.05, 4.69) is 12.7 Å². The maximum atomic E-state index is 6.82.